The maximum atomic E-state index is 13.9. The van der Waals surface area contributed by atoms with Crippen LogP contribution in [0.15, 0.2) is 64.0 Å². The molecule has 34 heavy (non-hydrogen) atoms. The highest BCUT2D eigenvalue weighted by Gasteiger charge is 2.20. The standard InChI is InChI=1S/C25H24N6O2S/c1-14(2)31-19(15(3)29-23-22-24(27-12-26-23)34-13-28-22)10-16-6-5-7-18(21(16)25(31)33)17-8-9-20(32)30(4)11-17/h5-15H,1-4H3,(H,26,27,29)/t15-/m0/s1. The lowest BCUT2D eigenvalue weighted by Crippen LogP contribution is -2.28. The molecule has 0 fully saturated rings. The maximum absolute atomic E-state index is 13.9. The number of benzene rings is 1. The zero-order valence-electron chi connectivity index (χ0n) is 19.3. The number of rotatable bonds is 5. The molecule has 9 heteroatoms. The average Bonchev–Trinajstić information content (AvgIpc) is 3.30. The van der Waals surface area contributed by atoms with Crippen molar-refractivity contribution in [3.05, 3.63) is 80.8 Å². The first-order valence-electron chi connectivity index (χ1n) is 11.0. The fraction of sp³-hybridized carbons (Fsp3) is 0.240. The third-order valence-corrected chi connectivity index (χ3v) is 6.69. The first-order valence-corrected chi connectivity index (χ1v) is 11.9. The van der Waals surface area contributed by atoms with Crippen molar-refractivity contribution in [2.75, 3.05) is 5.32 Å². The number of hydrogen-bond acceptors (Lipinski definition) is 7. The number of hydrogen-bond donors (Lipinski definition) is 1. The SMILES string of the molecule is CC(C)n1c([C@H](C)Nc2ncnc3scnc23)cc2cccc(-c3ccc(=O)n(C)c3)c2c1=O. The zero-order valence-corrected chi connectivity index (χ0v) is 20.1. The predicted octanol–water partition coefficient (Wildman–Crippen LogP) is 4.52. The lowest BCUT2D eigenvalue weighted by atomic mass is 9.98. The first kappa shape index (κ1) is 22.0. The molecule has 0 aliphatic rings. The molecule has 0 aliphatic heterocycles. The fourth-order valence-corrected chi connectivity index (χ4v) is 4.96. The molecule has 0 spiro atoms. The lowest BCUT2D eigenvalue weighted by Gasteiger charge is -2.24. The Bertz CT molecular complexity index is 1650. The molecule has 0 saturated carbocycles. The van der Waals surface area contributed by atoms with Crippen LogP contribution in [-0.4, -0.2) is 24.1 Å². The van der Waals surface area contributed by atoms with Crippen LogP contribution < -0.4 is 16.4 Å². The van der Waals surface area contributed by atoms with Gasteiger partial charge in [0.05, 0.1) is 16.9 Å². The summed E-state index contributed by atoms with van der Waals surface area (Å²) < 4.78 is 3.35. The normalized spacial score (nSPS) is 12.5. The summed E-state index contributed by atoms with van der Waals surface area (Å²) in [6.07, 6.45) is 3.29. The van der Waals surface area contributed by atoms with Crippen molar-refractivity contribution in [2.45, 2.75) is 32.9 Å². The second kappa shape index (κ2) is 8.49. The molecule has 4 aromatic heterocycles. The minimum absolute atomic E-state index is 0.0611. The van der Waals surface area contributed by atoms with Gasteiger partial charge in [-0.05, 0) is 49.4 Å². The first-order chi connectivity index (χ1) is 16.3. The highest BCUT2D eigenvalue weighted by Crippen LogP contribution is 2.30. The van der Waals surface area contributed by atoms with Crippen LogP contribution in [0.2, 0.25) is 0 Å². The molecule has 4 heterocycles. The van der Waals surface area contributed by atoms with Crippen molar-refractivity contribution in [3.63, 3.8) is 0 Å². The summed E-state index contributed by atoms with van der Waals surface area (Å²) in [6.45, 7) is 6.01. The Morgan fingerprint density at radius 3 is 2.62 bits per heavy atom. The third-order valence-electron chi connectivity index (χ3n) is 5.96. The van der Waals surface area contributed by atoms with E-state index >= 15 is 0 Å². The molecule has 0 unspecified atom stereocenters. The molecule has 5 aromatic rings. The number of aromatic nitrogens is 5. The highest BCUT2D eigenvalue weighted by atomic mass is 32.1. The Labute approximate surface area is 199 Å². The summed E-state index contributed by atoms with van der Waals surface area (Å²) in [5, 5.41) is 4.91. The molecule has 5 rings (SSSR count). The van der Waals surface area contributed by atoms with Gasteiger partial charge < -0.3 is 14.5 Å². The third kappa shape index (κ3) is 3.67. The van der Waals surface area contributed by atoms with Gasteiger partial charge in [0.25, 0.3) is 5.56 Å². The van der Waals surface area contributed by atoms with Crippen molar-refractivity contribution < 1.29 is 0 Å². The summed E-state index contributed by atoms with van der Waals surface area (Å²) >= 11 is 1.46. The van der Waals surface area contributed by atoms with E-state index in [2.05, 4.69) is 26.3 Å². The Balaban J connectivity index is 1.68. The summed E-state index contributed by atoms with van der Waals surface area (Å²) in [5.74, 6) is 0.639. The maximum Gasteiger partial charge on any atom is 0.259 e. The molecule has 0 saturated heterocycles. The molecule has 0 aliphatic carbocycles. The fourth-order valence-electron chi connectivity index (χ4n) is 4.33. The average molecular weight is 473 g/mol. The van der Waals surface area contributed by atoms with Crippen LogP contribution in [0.5, 0.6) is 0 Å². The van der Waals surface area contributed by atoms with Crippen LogP contribution in [0.1, 0.15) is 38.5 Å². The smallest absolute Gasteiger partial charge is 0.259 e. The lowest BCUT2D eigenvalue weighted by molar-refractivity contribution is 0.541. The van der Waals surface area contributed by atoms with Crippen LogP contribution in [0.4, 0.5) is 5.82 Å². The molecule has 1 aromatic carbocycles. The van der Waals surface area contributed by atoms with Crippen LogP contribution in [0.25, 0.3) is 32.2 Å². The van der Waals surface area contributed by atoms with Gasteiger partial charge in [-0.1, -0.05) is 18.2 Å². The minimum atomic E-state index is -0.208. The van der Waals surface area contributed by atoms with E-state index in [1.807, 2.05) is 43.5 Å². The van der Waals surface area contributed by atoms with E-state index in [1.165, 1.54) is 28.3 Å². The molecule has 0 radical (unpaired) electrons. The van der Waals surface area contributed by atoms with Crippen molar-refractivity contribution in [3.8, 4) is 11.1 Å². The van der Waals surface area contributed by atoms with E-state index in [-0.39, 0.29) is 23.2 Å². The van der Waals surface area contributed by atoms with Crippen molar-refractivity contribution in [1.29, 1.82) is 0 Å². The zero-order chi connectivity index (χ0) is 24.0. The molecule has 0 bridgehead atoms. The number of anilines is 1. The van der Waals surface area contributed by atoms with E-state index < -0.39 is 0 Å². The van der Waals surface area contributed by atoms with E-state index in [0.29, 0.717) is 11.2 Å². The Morgan fingerprint density at radius 1 is 1.03 bits per heavy atom. The summed E-state index contributed by atoms with van der Waals surface area (Å²) in [5.41, 5.74) is 4.79. The van der Waals surface area contributed by atoms with Crippen molar-refractivity contribution in [2.24, 2.45) is 7.05 Å². The van der Waals surface area contributed by atoms with Gasteiger partial charge in [-0.25, -0.2) is 15.0 Å². The van der Waals surface area contributed by atoms with Crippen LogP contribution in [0.3, 0.4) is 0 Å². The largest absolute Gasteiger partial charge is 0.360 e. The highest BCUT2D eigenvalue weighted by molar-refractivity contribution is 7.16. The Hall–Kier alpha value is -3.85. The van der Waals surface area contributed by atoms with E-state index in [9.17, 15) is 9.59 Å². The van der Waals surface area contributed by atoms with E-state index in [4.69, 9.17) is 0 Å². The number of aryl methyl sites for hydroxylation is 1. The van der Waals surface area contributed by atoms with Gasteiger partial charge in [-0.15, -0.1) is 11.3 Å². The molecular formula is C25H24N6O2S. The molecule has 1 N–H and O–H groups in total. The number of thiazole rings is 1. The quantitative estimate of drug-likeness (QED) is 0.404. The summed E-state index contributed by atoms with van der Waals surface area (Å²) in [7, 11) is 1.71. The molecule has 8 nitrogen and oxygen atoms in total. The monoisotopic (exact) mass is 472 g/mol. The topological polar surface area (TPSA) is 94.7 Å². The van der Waals surface area contributed by atoms with Gasteiger partial charge in [0.2, 0.25) is 5.56 Å². The van der Waals surface area contributed by atoms with Crippen LogP contribution in [-0.2, 0) is 7.05 Å². The predicted molar refractivity (Wildman–Crippen MR) is 137 cm³/mol. The molecule has 1 atom stereocenters. The number of fused-ring (bicyclic) bond motifs is 2. The Morgan fingerprint density at radius 2 is 1.85 bits per heavy atom. The van der Waals surface area contributed by atoms with Gasteiger partial charge in [-0.2, -0.15) is 0 Å². The van der Waals surface area contributed by atoms with Crippen LogP contribution >= 0.6 is 11.3 Å². The Kier molecular flexibility index (Phi) is 5.49. The van der Waals surface area contributed by atoms with Gasteiger partial charge in [-0.3, -0.25) is 9.59 Å². The van der Waals surface area contributed by atoms with Gasteiger partial charge in [0, 0.05) is 31.0 Å². The second-order valence-corrected chi connectivity index (χ2v) is 9.40. The minimum Gasteiger partial charge on any atom is -0.360 e. The van der Waals surface area contributed by atoms with Gasteiger partial charge >= 0.3 is 0 Å². The van der Waals surface area contributed by atoms with Crippen molar-refractivity contribution >= 4 is 38.3 Å². The van der Waals surface area contributed by atoms with E-state index in [1.54, 1.807) is 24.8 Å². The molecule has 0 amide bonds. The second-order valence-electron chi connectivity index (χ2n) is 8.57. The van der Waals surface area contributed by atoms with E-state index in [0.717, 1.165) is 32.6 Å². The number of nitrogens with one attached hydrogen (secondary N) is 1. The van der Waals surface area contributed by atoms with Crippen molar-refractivity contribution in [1.82, 2.24) is 24.1 Å². The number of pyridine rings is 2. The summed E-state index contributed by atoms with van der Waals surface area (Å²) in [4.78, 5) is 39.6. The van der Waals surface area contributed by atoms with Crippen LogP contribution in [0, 0.1) is 0 Å². The van der Waals surface area contributed by atoms with Gasteiger partial charge in [0.15, 0.2) is 5.82 Å². The molecular weight excluding hydrogens is 448 g/mol. The van der Waals surface area contributed by atoms with Gasteiger partial charge in [0.1, 0.15) is 16.7 Å². The summed E-state index contributed by atoms with van der Waals surface area (Å²) in [6, 6.07) is 10.9. The number of nitrogens with zero attached hydrogens (tertiary/aromatic N) is 5. The molecule has 172 valence electrons.